The molecule has 0 saturated carbocycles. The van der Waals surface area contributed by atoms with E-state index >= 15 is 0 Å². The molecule has 0 aromatic heterocycles. The van der Waals surface area contributed by atoms with Crippen LogP contribution in [-0.4, -0.2) is 18.2 Å². The Morgan fingerprint density at radius 1 is 1.44 bits per heavy atom. The standard InChI is InChI=1S/C13H19ClN2O2/c1-13(2,3)18-12(17)16-11-8-10(14)5-4-9(11)6-7-15/h4-5,8H,6-7,15H2,1-3H3,(H,16,17). The van der Waals surface area contributed by atoms with Crippen molar-refractivity contribution in [1.29, 1.82) is 0 Å². The second kappa shape index (κ2) is 6.07. The van der Waals surface area contributed by atoms with Crippen LogP contribution in [0.15, 0.2) is 18.2 Å². The van der Waals surface area contributed by atoms with E-state index < -0.39 is 11.7 Å². The third kappa shape index (κ3) is 4.94. The van der Waals surface area contributed by atoms with Gasteiger partial charge in [-0.3, -0.25) is 5.32 Å². The maximum atomic E-state index is 11.7. The highest BCUT2D eigenvalue weighted by atomic mass is 35.5. The molecule has 100 valence electrons. The molecule has 0 fully saturated rings. The van der Waals surface area contributed by atoms with E-state index in [-0.39, 0.29) is 0 Å². The lowest BCUT2D eigenvalue weighted by Gasteiger charge is -2.20. The normalized spacial score (nSPS) is 11.2. The highest BCUT2D eigenvalue weighted by Gasteiger charge is 2.17. The van der Waals surface area contributed by atoms with Crippen LogP contribution in [0.4, 0.5) is 10.5 Å². The van der Waals surface area contributed by atoms with Gasteiger partial charge in [0, 0.05) is 10.7 Å². The Morgan fingerprint density at radius 3 is 2.67 bits per heavy atom. The Hall–Kier alpha value is -1.26. The van der Waals surface area contributed by atoms with Crippen LogP contribution in [0.5, 0.6) is 0 Å². The van der Waals surface area contributed by atoms with E-state index in [1.165, 1.54) is 0 Å². The number of nitrogens with two attached hydrogens (primary N) is 1. The lowest BCUT2D eigenvalue weighted by Crippen LogP contribution is -2.27. The lowest BCUT2D eigenvalue weighted by molar-refractivity contribution is 0.0636. The number of rotatable bonds is 3. The number of hydrogen-bond donors (Lipinski definition) is 2. The minimum absolute atomic E-state index is 0.497. The molecule has 0 saturated heterocycles. The summed E-state index contributed by atoms with van der Waals surface area (Å²) in [5.74, 6) is 0. The maximum Gasteiger partial charge on any atom is 0.412 e. The van der Waals surface area contributed by atoms with Crippen LogP contribution in [-0.2, 0) is 11.2 Å². The van der Waals surface area contributed by atoms with Crippen LogP contribution >= 0.6 is 11.6 Å². The number of benzene rings is 1. The molecule has 0 atom stereocenters. The molecule has 0 spiro atoms. The first-order chi connectivity index (χ1) is 8.31. The van der Waals surface area contributed by atoms with Gasteiger partial charge in [-0.05, 0) is 51.4 Å². The molecule has 1 aromatic carbocycles. The lowest BCUT2D eigenvalue weighted by atomic mass is 10.1. The van der Waals surface area contributed by atoms with Crippen LogP contribution in [0, 0.1) is 0 Å². The first-order valence-corrected chi connectivity index (χ1v) is 6.18. The fourth-order valence-electron chi connectivity index (χ4n) is 1.45. The monoisotopic (exact) mass is 270 g/mol. The Labute approximate surface area is 112 Å². The minimum Gasteiger partial charge on any atom is -0.444 e. The minimum atomic E-state index is -0.531. The van der Waals surface area contributed by atoms with Crippen molar-refractivity contribution in [3.63, 3.8) is 0 Å². The Bertz CT molecular complexity index is 427. The van der Waals surface area contributed by atoms with Gasteiger partial charge in [0.15, 0.2) is 0 Å². The first-order valence-electron chi connectivity index (χ1n) is 5.80. The van der Waals surface area contributed by atoms with Gasteiger partial charge < -0.3 is 10.5 Å². The second-order valence-corrected chi connectivity index (χ2v) is 5.40. The van der Waals surface area contributed by atoms with Crippen LogP contribution < -0.4 is 11.1 Å². The Kier molecular flexibility index (Phi) is 4.99. The highest BCUT2D eigenvalue weighted by molar-refractivity contribution is 6.31. The molecular weight excluding hydrogens is 252 g/mol. The summed E-state index contributed by atoms with van der Waals surface area (Å²) in [6, 6.07) is 5.31. The van der Waals surface area contributed by atoms with Crippen molar-refractivity contribution in [2.24, 2.45) is 5.73 Å². The van der Waals surface area contributed by atoms with Crippen LogP contribution in [0.1, 0.15) is 26.3 Å². The van der Waals surface area contributed by atoms with Gasteiger partial charge in [0.05, 0.1) is 0 Å². The molecule has 0 aliphatic rings. The summed E-state index contributed by atoms with van der Waals surface area (Å²) in [6.45, 7) is 5.94. The summed E-state index contributed by atoms with van der Waals surface area (Å²) in [6.07, 6.45) is 0.172. The maximum absolute atomic E-state index is 11.7. The van der Waals surface area contributed by atoms with Gasteiger partial charge in [0.1, 0.15) is 5.60 Å². The molecule has 4 nitrogen and oxygen atoms in total. The SMILES string of the molecule is CC(C)(C)OC(=O)Nc1cc(Cl)ccc1CCN. The molecule has 1 aromatic rings. The molecule has 5 heteroatoms. The fraction of sp³-hybridized carbons (Fsp3) is 0.462. The number of carbonyl (C=O) groups is 1. The van der Waals surface area contributed by atoms with Crippen molar-refractivity contribution in [1.82, 2.24) is 0 Å². The van der Waals surface area contributed by atoms with E-state index in [1.807, 2.05) is 26.8 Å². The zero-order valence-corrected chi connectivity index (χ0v) is 11.7. The number of anilines is 1. The van der Waals surface area contributed by atoms with Gasteiger partial charge >= 0.3 is 6.09 Å². The molecule has 0 aliphatic carbocycles. The number of hydrogen-bond acceptors (Lipinski definition) is 3. The van der Waals surface area contributed by atoms with Crippen LogP contribution in [0.3, 0.4) is 0 Å². The molecule has 0 aliphatic heterocycles. The summed E-state index contributed by atoms with van der Waals surface area (Å²) < 4.78 is 5.19. The predicted octanol–water partition coefficient (Wildman–Crippen LogP) is 3.19. The number of ether oxygens (including phenoxy) is 1. The quantitative estimate of drug-likeness (QED) is 0.887. The smallest absolute Gasteiger partial charge is 0.412 e. The largest absolute Gasteiger partial charge is 0.444 e. The predicted molar refractivity (Wildman–Crippen MR) is 74.1 cm³/mol. The van der Waals surface area contributed by atoms with E-state index in [9.17, 15) is 4.79 Å². The van der Waals surface area contributed by atoms with Crippen molar-refractivity contribution in [2.75, 3.05) is 11.9 Å². The van der Waals surface area contributed by atoms with Crippen molar-refractivity contribution in [2.45, 2.75) is 32.8 Å². The highest BCUT2D eigenvalue weighted by Crippen LogP contribution is 2.22. The molecule has 1 rings (SSSR count). The molecule has 0 radical (unpaired) electrons. The number of nitrogens with one attached hydrogen (secondary N) is 1. The third-order valence-electron chi connectivity index (χ3n) is 2.12. The van der Waals surface area contributed by atoms with Crippen molar-refractivity contribution in [3.8, 4) is 0 Å². The average molecular weight is 271 g/mol. The molecule has 18 heavy (non-hydrogen) atoms. The van der Waals surface area contributed by atoms with Gasteiger partial charge in [-0.15, -0.1) is 0 Å². The summed E-state index contributed by atoms with van der Waals surface area (Å²) in [7, 11) is 0. The van der Waals surface area contributed by atoms with Crippen molar-refractivity contribution < 1.29 is 9.53 Å². The van der Waals surface area contributed by atoms with Crippen LogP contribution in [0.25, 0.3) is 0 Å². The van der Waals surface area contributed by atoms with Gasteiger partial charge in [-0.1, -0.05) is 17.7 Å². The van der Waals surface area contributed by atoms with Crippen LogP contribution in [0.2, 0.25) is 5.02 Å². The van der Waals surface area contributed by atoms with Gasteiger partial charge in [-0.2, -0.15) is 0 Å². The molecule has 3 N–H and O–H groups in total. The van der Waals surface area contributed by atoms with E-state index in [0.29, 0.717) is 23.7 Å². The summed E-state index contributed by atoms with van der Waals surface area (Å²) in [5, 5.41) is 3.25. The number of halogens is 1. The average Bonchev–Trinajstić information content (AvgIpc) is 2.19. The number of amides is 1. The Balaban J connectivity index is 2.82. The number of carbonyl (C=O) groups excluding carboxylic acids is 1. The van der Waals surface area contributed by atoms with Crippen molar-refractivity contribution >= 4 is 23.4 Å². The van der Waals surface area contributed by atoms with Crippen molar-refractivity contribution in [3.05, 3.63) is 28.8 Å². The molecule has 0 heterocycles. The molecule has 0 bridgehead atoms. The van der Waals surface area contributed by atoms with E-state index in [2.05, 4.69) is 5.32 Å². The van der Waals surface area contributed by atoms with Gasteiger partial charge in [0.25, 0.3) is 0 Å². The zero-order valence-electron chi connectivity index (χ0n) is 10.9. The zero-order chi connectivity index (χ0) is 13.8. The first kappa shape index (κ1) is 14.8. The fourth-order valence-corrected chi connectivity index (χ4v) is 1.62. The van der Waals surface area contributed by atoms with Gasteiger partial charge in [0.2, 0.25) is 0 Å². The van der Waals surface area contributed by atoms with E-state index in [1.54, 1.807) is 12.1 Å². The van der Waals surface area contributed by atoms with E-state index in [4.69, 9.17) is 22.1 Å². The molecule has 1 amide bonds. The Morgan fingerprint density at radius 2 is 2.11 bits per heavy atom. The summed E-state index contributed by atoms with van der Waals surface area (Å²) in [4.78, 5) is 11.7. The molecular formula is C13H19ClN2O2. The topological polar surface area (TPSA) is 64.3 Å². The summed E-state index contributed by atoms with van der Waals surface area (Å²) in [5.41, 5.74) is 6.57. The summed E-state index contributed by atoms with van der Waals surface area (Å²) >= 11 is 5.91. The van der Waals surface area contributed by atoms with Gasteiger partial charge in [-0.25, -0.2) is 4.79 Å². The molecule has 0 unspecified atom stereocenters. The van der Waals surface area contributed by atoms with E-state index in [0.717, 1.165) is 5.56 Å². The third-order valence-corrected chi connectivity index (χ3v) is 2.36. The second-order valence-electron chi connectivity index (χ2n) is 4.97.